The molecular weight excluding hydrogens is 342 g/mol. The quantitative estimate of drug-likeness (QED) is 0.769. The second kappa shape index (κ2) is 7.34. The van der Waals surface area contributed by atoms with Gasteiger partial charge in [-0.2, -0.15) is 0 Å². The highest BCUT2D eigenvalue weighted by Gasteiger charge is 2.29. The summed E-state index contributed by atoms with van der Waals surface area (Å²) < 4.78 is 1.46. The summed E-state index contributed by atoms with van der Waals surface area (Å²) in [5.74, 6) is 0.0617. The van der Waals surface area contributed by atoms with Crippen LogP contribution in [0.2, 0.25) is 0 Å². The second-order valence-electron chi connectivity index (χ2n) is 6.94. The Balaban J connectivity index is 1.64. The number of hydrogen-bond donors (Lipinski definition) is 1. The number of nitrogens with zero attached hydrogens (tertiary/aromatic N) is 4. The Morgan fingerprint density at radius 1 is 1.26 bits per heavy atom. The average molecular weight is 365 g/mol. The van der Waals surface area contributed by atoms with E-state index in [1.807, 2.05) is 36.1 Å². The van der Waals surface area contributed by atoms with Crippen LogP contribution >= 0.6 is 0 Å². The number of piperidine rings is 1. The normalized spacial score (nSPS) is 17.4. The molecule has 4 heterocycles. The molecule has 0 saturated carbocycles. The summed E-state index contributed by atoms with van der Waals surface area (Å²) >= 11 is 0. The van der Waals surface area contributed by atoms with Crippen LogP contribution in [0, 0.1) is 0 Å². The number of hydrogen-bond acceptors (Lipinski definition) is 4. The minimum Gasteiger partial charge on any atom is -0.334 e. The summed E-state index contributed by atoms with van der Waals surface area (Å²) in [5.41, 5.74) is 2.90. The van der Waals surface area contributed by atoms with E-state index in [2.05, 4.69) is 15.1 Å². The van der Waals surface area contributed by atoms with Crippen LogP contribution in [0.4, 0.5) is 0 Å². The minimum atomic E-state index is -0.120. The molecule has 1 atom stereocenters. The maximum Gasteiger partial charge on any atom is 0.272 e. The number of rotatable bonds is 4. The molecular formula is C20H23N5O2. The van der Waals surface area contributed by atoms with Crippen LogP contribution < -0.4 is 5.56 Å². The Morgan fingerprint density at radius 2 is 2.15 bits per heavy atom. The fraction of sp³-hybridized carbons (Fsp3) is 0.400. The average Bonchev–Trinajstić information content (AvgIpc) is 3.13. The zero-order valence-electron chi connectivity index (χ0n) is 15.4. The molecule has 1 saturated heterocycles. The zero-order valence-corrected chi connectivity index (χ0v) is 15.4. The summed E-state index contributed by atoms with van der Waals surface area (Å²) in [4.78, 5) is 35.9. The molecule has 3 aromatic heterocycles. The lowest BCUT2D eigenvalue weighted by atomic mass is 9.98. The van der Waals surface area contributed by atoms with Crippen LogP contribution in [0.5, 0.6) is 0 Å². The van der Waals surface area contributed by atoms with Gasteiger partial charge in [-0.05, 0) is 37.8 Å². The van der Waals surface area contributed by atoms with Crippen LogP contribution in [0.3, 0.4) is 0 Å². The summed E-state index contributed by atoms with van der Waals surface area (Å²) in [6, 6.07) is 8.99. The molecule has 7 heteroatoms. The van der Waals surface area contributed by atoms with Crippen molar-refractivity contribution in [1.29, 1.82) is 0 Å². The van der Waals surface area contributed by atoms with Gasteiger partial charge in [0.05, 0.1) is 18.2 Å². The van der Waals surface area contributed by atoms with Crippen molar-refractivity contribution < 1.29 is 4.79 Å². The number of pyridine rings is 1. The highest BCUT2D eigenvalue weighted by atomic mass is 16.2. The SMILES string of the molecule is CCc1cc(=O)n2[nH]c([C@@H]3CCCCN3C(=O)Cc3ccccn3)cc2n1. The van der Waals surface area contributed by atoms with Crippen molar-refractivity contribution in [1.82, 2.24) is 24.5 Å². The topological polar surface area (TPSA) is 83.4 Å². The molecule has 1 aliphatic rings. The standard InChI is InChI=1S/C20H23N5O2/c1-2-14-11-20(27)25-18(22-14)13-16(23-25)17-8-4-6-10-24(17)19(26)12-15-7-3-5-9-21-15/h3,5,7,9,11,13,17,23H,2,4,6,8,10,12H2,1H3/t17-/m0/s1. The van der Waals surface area contributed by atoms with Crippen molar-refractivity contribution in [2.45, 2.75) is 45.1 Å². The van der Waals surface area contributed by atoms with Gasteiger partial charge in [0, 0.05) is 36.3 Å². The lowest BCUT2D eigenvalue weighted by molar-refractivity contribution is -0.134. The Morgan fingerprint density at radius 3 is 2.93 bits per heavy atom. The molecule has 0 radical (unpaired) electrons. The Bertz CT molecular complexity index is 1010. The number of carbonyl (C=O) groups is 1. The van der Waals surface area contributed by atoms with Gasteiger partial charge in [-0.15, -0.1) is 0 Å². The third-order valence-corrected chi connectivity index (χ3v) is 5.13. The van der Waals surface area contributed by atoms with E-state index < -0.39 is 0 Å². The Hall–Kier alpha value is -2.96. The van der Waals surface area contributed by atoms with E-state index in [0.717, 1.165) is 36.3 Å². The maximum atomic E-state index is 12.9. The van der Waals surface area contributed by atoms with Gasteiger partial charge in [-0.25, -0.2) is 9.50 Å². The fourth-order valence-corrected chi connectivity index (χ4v) is 3.72. The van der Waals surface area contributed by atoms with Gasteiger partial charge in [0.15, 0.2) is 5.65 Å². The van der Waals surface area contributed by atoms with Gasteiger partial charge in [0.25, 0.3) is 5.56 Å². The van der Waals surface area contributed by atoms with Crippen LogP contribution in [0.25, 0.3) is 5.65 Å². The predicted molar refractivity (Wildman–Crippen MR) is 101 cm³/mol. The van der Waals surface area contributed by atoms with Crippen molar-refractivity contribution in [2.24, 2.45) is 0 Å². The number of aromatic nitrogens is 4. The predicted octanol–water partition coefficient (Wildman–Crippen LogP) is 2.28. The van der Waals surface area contributed by atoms with E-state index in [0.29, 0.717) is 18.6 Å². The molecule has 1 amide bonds. The number of H-pyrrole nitrogens is 1. The monoisotopic (exact) mass is 365 g/mol. The number of nitrogens with one attached hydrogen (secondary N) is 1. The molecule has 0 unspecified atom stereocenters. The van der Waals surface area contributed by atoms with Crippen LogP contribution in [0.15, 0.2) is 41.3 Å². The molecule has 7 nitrogen and oxygen atoms in total. The van der Waals surface area contributed by atoms with E-state index in [1.54, 1.807) is 12.3 Å². The third-order valence-electron chi connectivity index (χ3n) is 5.13. The van der Waals surface area contributed by atoms with E-state index in [4.69, 9.17) is 0 Å². The first-order valence-electron chi connectivity index (χ1n) is 9.46. The fourth-order valence-electron chi connectivity index (χ4n) is 3.72. The van der Waals surface area contributed by atoms with E-state index in [1.165, 1.54) is 4.52 Å². The molecule has 0 spiro atoms. The largest absolute Gasteiger partial charge is 0.334 e. The Labute approximate surface area is 157 Å². The van der Waals surface area contributed by atoms with Gasteiger partial charge >= 0.3 is 0 Å². The van der Waals surface area contributed by atoms with E-state index >= 15 is 0 Å². The second-order valence-corrected chi connectivity index (χ2v) is 6.94. The van der Waals surface area contributed by atoms with Crippen molar-refractivity contribution in [3.8, 4) is 0 Å². The lowest BCUT2D eigenvalue weighted by Gasteiger charge is -2.35. The number of amides is 1. The molecule has 0 bridgehead atoms. The molecule has 0 aromatic carbocycles. The van der Waals surface area contributed by atoms with Gasteiger partial charge < -0.3 is 4.90 Å². The number of likely N-dealkylation sites (tertiary alicyclic amines) is 1. The van der Waals surface area contributed by atoms with Crippen LogP contribution in [-0.2, 0) is 17.6 Å². The van der Waals surface area contributed by atoms with Gasteiger partial charge in [0.2, 0.25) is 5.91 Å². The summed E-state index contributed by atoms with van der Waals surface area (Å²) in [6.07, 6.45) is 5.62. The van der Waals surface area contributed by atoms with Crippen molar-refractivity contribution in [2.75, 3.05) is 6.54 Å². The molecule has 27 heavy (non-hydrogen) atoms. The molecule has 140 valence electrons. The molecule has 1 fully saturated rings. The van der Waals surface area contributed by atoms with E-state index in [-0.39, 0.29) is 23.9 Å². The minimum absolute atomic E-state index is 0.0617. The Kier molecular flexibility index (Phi) is 4.75. The van der Waals surface area contributed by atoms with Gasteiger partial charge in [-0.1, -0.05) is 13.0 Å². The summed E-state index contributed by atoms with van der Waals surface area (Å²) in [6.45, 7) is 2.69. The number of fused-ring (bicyclic) bond motifs is 1. The van der Waals surface area contributed by atoms with Crippen molar-refractivity contribution >= 4 is 11.6 Å². The smallest absolute Gasteiger partial charge is 0.272 e. The molecule has 1 aliphatic heterocycles. The van der Waals surface area contributed by atoms with Crippen LogP contribution in [-0.4, -0.2) is 36.9 Å². The van der Waals surface area contributed by atoms with E-state index in [9.17, 15) is 9.59 Å². The number of carbonyl (C=O) groups excluding carboxylic acids is 1. The number of aryl methyl sites for hydroxylation is 1. The molecule has 3 aromatic rings. The first kappa shape index (κ1) is 17.5. The van der Waals surface area contributed by atoms with Gasteiger partial charge in [-0.3, -0.25) is 19.7 Å². The summed E-state index contributed by atoms with van der Waals surface area (Å²) in [5, 5.41) is 3.17. The third kappa shape index (κ3) is 3.49. The molecule has 4 rings (SSSR count). The van der Waals surface area contributed by atoms with Crippen LogP contribution in [0.1, 0.15) is 49.3 Å². The first-order chi connectivity index (χ1) is 13.2. The molecule has 1 N–H and O–H groups in total. The zero-order chi connectivity index (χ0) is 18.8. The summed E-state index contributed by atoms with van der Waals surface area (Å²) in [7, 11) is 0. The highest BCUT2D eigenvalue weighted by Crippen LogP contribution is 2.30. The first-order valence-corrected chi connectivity index (χ1v) is 9.46. The number of aromatic amines is 1. The molecule has 0 aliphatic carbocycles. The van der Waals surface area contributed by atoms with Crippen molar-refractivity contribution in [3.05, 3.63) is 64.0 Å². The maximum absolute atomic E-state index is 12.9. The highest BCUT2D eigenvalue weighted by molar-refractivity contribution is 5.79. The lowest BCUT2D eigenvalue weighted by Crippen LogP contribution is -2.39. The van der Waals surface area contributed by atoms with Crippen molar-refractivity contribution in [3.63, 3.8) is 0 Å². The van der Waals surface area contributed by atoms with Gasteiger partial charge in [0.1, 0.15) is 0 Å².